The van der Waals surface area contributed by atoms with Crippen LogP contribution in [0.3, 0.4) is 0 Å². The van der Waals surface area contributed by atoms with Gasteiger partial charge in [-0.25, -0.2) is 4.39 Å². The first-order valence-corrected chi connectivity index (χ1v) is 4.98. The predicted molar refractivity (Wildman–Crippen MR) is 62.2 cm³/mol. The van der Waals surface area contributed by atoms with Crippen LogP contribution in [-0.4, -0.2) is 4.98 Å². The van der Waals surface area contributed by atoms with E-state index < -0.39 is 0 Å². The molecule has 15 heavy (non-hydrogen) atoms. The fourth-order valence-electron chi connectivity index (χ4n) is 1.46. The summed E-state index contributed by atoms with van der Waals surface area (Å²) < 4.78 is 13.2. The van der Waals surface area contributed by atoms with E-state index >= 15 is 0 Å². The largest absolute Gasteiger partial charge is 0.397 e. The number of nitrogens with two attached hydrogens (primary N) is 1. The van der Waals surface area contributed by atoms with Crippen molar-refractivity contribution >= 4 is 16.5 Å². The van der Waals surface area contributed by atoms with E-state index in [9.17, 15) is 4.39 Å². The molecular weight excluding hydrogens is 191 g/mol. The Morgan fingerprint density at radius 1 is 1.20 bits per heavy atom. The Kier molecular flexibility index (Phi) is 3.61. The third kappa shape index (κ3) is 2.06. The van der Waals surface area contributed by atoms with Crippen LogP contribution in [-0.2, 0) is 0 Å². The van der Waals surface area contributed by atoms with E-state index in [0.29, 0.717) is 11.3 Å². The first-order chi connectivity index (χ1) is 7.20. The minimum atomic E-state index is -0.231. The molecule has 0 aliphatic rings. The van der Waals surface area contributed by atoms with Crippen LogP contribution in [0, 0.1) is 12.7 Å². The van der Waals surface area contributed by atoms with Gasteiger partial charge in [-0.05, 0) is 24.6 Å². The summed E-state index contributed by atoms with van der Waals surface area (Å²) in [6.07, 6.45) is 3.22. The molecule has 0 amide bonds. The lowest BCUT2D eigenvalue weighted by atomic mass is 10.1. The smallest absolute Gasteiger partial charge is 0.126 e. The first-order valence-electron chi connectivity index (χ1n) is 4.98. The maximum atomic E-state index is 13.2. The summed E-state index contributed by atoms with van der Waals surface area (Å²) in [6.45, 7) is 5.72. The highest BCUT2D eigenvalue weighted by molar-refractivity contribution is 5.94. The lowest BCUT2D eigenvalue weighted by Crippen LogP contribution is -1.92. The molecule has 0 unspecified atom stereocenters. The van der Waals surface area contributed by atoms with E-state index in [2.05, 4.69) is 4.98 Å². The van der Waals surface area contributed by atoms with Crippen LogP contribution in [0.2, 0.25) is 0 Å². The van der Waals surface area contributed by atoms with Crippen LogP contribution >= 0.6 is 0 Å². The Hall–Kier alpha value is -1.64. The molecule has 80 valence electrons. The molecule has 0 saturated heterocycles. The fraction of sp³-hybridized carbons (Fsp3) is 0.250. The summed E-state index contributed by atoms with van der Waals surface area (Å²) in [4.78, 5) is 3.94. The van der Waals surface area contributed by atoms with Crippen molar-refractivity contribution in [1.82, 2.24) is 4.98 Å². The van der Waals surface area contributed by atoms with Crippen molar-refractivity contribution in [3.8, 4) is 0 Å². The highest BCUT2D eigenvalue weighted by Gasteiger charge is 2.05. The van der Waals surface area contributed by atoms with Gasteiger partial charge in [0.2, 0.25) is 0 Å². The van der Waals surface area contributed by atoms with Gasteiger partial charge in [0.25, 0.3) is 0 Å². The van der Waals surface area contributed by atoms with Gasteiger partial charge in [-0.1, -0.05) is 13.8 Å². The number of nitrogen functional groups attached to an aromatic ring is 1. The van der Waals surface area contributed by atoms with E-state index in [0.717, 1.165) is 10.8 Å². The standard InChI is InChI=1S/C10H9FN2.C2H6/c1-6-8(11)3-2-7-4-13-5-9(12)10(6)7;1-2/h2-5H,12H2,1H3;1-2H3. The molecule has 0 aliphatic heterocycles. The highest BCUT2D eigenvalue weighted by atomic mass is 19.1. The Morgan fingerprint density at radius 3 is 2.53 bits per heavy atom. The molecule has 2 N–H and O–H groups in total. The second-order valence-electron chi connectivity index (χ2n) is 3.00. The van der Waals surface area contributed by atoms with E-state index in [1.54, 1.807) is 19.2 Å². The lowest BCUT2D eigenvalue weighted by molar-refractivity contribution is 0.621. The van der Waals surface area contributed by atoms with Gasteiger partial charge in [0.15, 0.2) is 0 Å². The maximum Gasteiger partial charge on any atom is 0.126 e. The number of halogens is 1. The maximum absolute atomic E-state index is 13.2. The van der Waals surface area contributed by atoms with Gasteiger partial charge in [-0.15, -0.1) is 0 Å². The number of anilines is 1. The zero-order valence-electron chi connectivity index (χ0n) is 9.21. The zero-order valence-corrected chi connectivity index (χ0v) is 9.21. The van der Waals surface area contributed by atoms with Gasteiger partial charge in [0.1, 0.15) is 5.82 Å². The van der Waals surface area contributed by atoms with Crippen molar-refractivity contribution < 1.29 is 4.39 Å². The number of hydrogen-bond donors (Lipinski definition) is 1. The van der Waals surface area contributed by atoms with Crippen molar-refractivity contribution in [2.75, 3.05) is 5.73 Å². The summed E-state index contributed by atoms with van der Waals surface area (Å²) >= 11 is 0. The molecule has 0 atom stereocenters. The quantitative estimate of drug-likeness (QED) is 0.718. The molecule has 0 bridgehead atoms. The number of benzene rings is 1. The number of hydrogen-bond acceptors (Lipinski definition) is 2. The number of aryl methyl sites for hydroxylation is 1. The van der Waals surface area contributed by atoms with Crippen LogP contribution in [0.1, 0.15) is 19.4 Å². The van der Waals surface area contributed by atoms with Gasteiger partial charge in [0.05, 0.1) is 11.9 Å². The Morgan fingerprint density at radius 2 is 1.87 bits per heavy atom. The molecule has 1 heterocycles. The number of rotatable bonds is 0. The second-order valence-corrected chi connectivity index (χ2v) is 3.00. The first kappa shape index (κ1) is 11.4. The Bertz CT molecular complexity index is 466. The molecule has 1 aromatic heterocycles. The van der Waals surface area contributed by atoms with Gasteiger partial charge in [0, 0.05) is 17.0 Å². The molecule has 3 heteroatoms. The monoisotopic (exact) mass is 206 g/mol. The molecule has 0 radical (unpaired) electrons. The molecule has 0 fully saturated rings. The minimum Gasteiger partial charge on any atom is -0.397 e. The molecule has 1 aromatic carbocycles. The van der Waals surface area contributed by atoms with Crippen molar-refractivity contribution in [2.45, 2.75) is 20.8 Å². The van der Waals surface area contributed by atoms with Crippen LogP contribution < -0.4 is 5.73 Å². The summed E-state index contributed by atoms with van der Waals surface area (Å²) in [7, 11) is 0. The van der Waals surface area contributed by atoms with Crippen molar-refractivity contribution in [1.29, 1.82) is 0 Å². The highest BCUT2D eigenvalue weighted by Crippen LogP contribution is 2.24. The van der Waals surface area contributed by atoms with Crippen molar-refractivity contribution in [3.63, 3.8) is 0 Å². The van der Waals surface area contributed by atoms with Crippen LogP contribution in [0.4, 0.5) is 10.1 Å². The summed E-state index contributed by atoms with van der Waals surface area (Å²) in [6, 6.07) is 3.11. The van der Waals surface area contributed by atoms with Crippen LogP contribution in [0.15, 0.2) is 24.5 Å². The van der Waals surface area contributed by atoms with Gasteiger partial charge >= 0.3 is 0 Å². The topological polar surface area (TPSA) is 38.9 Å². The minimum absolute atomic E-state index is 0.231. The molecule has 2 aromatic rings. The third-order valence-electron chi connectivity index (χ3n) is 2.15. The van der Waals surface area contributed by atoms with Gasteiger partial charge in [-0.2, -0.15) is 0 Å². The van der Waals surface area contributed by atoms with E-state index in [1.165, 1.54) is 12.3 Å². The number of fused-ring (bicyclic) bond motifs is 1. The van der Waals surface area contributed by atoms with E-state index in [1.807, 2.05) is 13.8 Å². The molecular formula is C12H15FN2. The molecule has 2 nitrogen and oxygen atoms in total. The van der Waals surface area contributed by atoms with E-state index in [4.69, 9.17) is 5.73 Å². The average Bonchev–Trinajstić information content (AvgIpc) is 2.26. The predicted octanol–water partition coefficient (Wildman–Crippen LogP) is 3.29. The normalized spacial score (nSPS) is 9.60. The second kappa shape index (κ2) is 4.73. The molecule has 2 rings (SSSR count). The Labute approximate surface area is 88.9 Å². The van der Waals surface area contributed by atoms with Crippen LogP contribution in [0.25, 0.3) is 10.8 Å². The van der Waals surface area contributed by atoms with Crippen LogP contribution in [0.5, 0.6) is 0 Å². The van der Waals surface area contributed by atoms with Crippen molar-refractivity contribution in [2.24, 2.45) is 0 Å². The number of aromatic nitrogens is 1. The fourth-order valence-corrected chi connectivity index (χ4v) is 1.46. The zero-order chi connectivity index (χ0) is 11.4. The SMILES string of the molecule is CC.Cc1c(F)ccc2cncc(N)c12. The summed E-state index contributed by atoms with van der Waals surface area (Å²) in [5, 5.41) is 1.63. The van der Waals surface area contributed by atoms with Gasteiger partial charge in [-0.3, -0.25) is 4.98 Å². The summed E-state index contributed by atoms with van der Waals surface area (Å²) in [5.74, 6) is -0.231. The number of nitrogens with zero attached hydrogens (tertiary/aromatic N) is 1. The number of pyridine rings is 1. The summed E-state index contributed by atoms with van der Waals surface area (Å²) in [5.41, 5.74) is 6.80. The molecule has 0 spiro atoms. The van der Waals surface area contributed by atoms with Gasteiger partial charge < -0.3 is 5.73 Å². The average molecular weight is 206 g/mol. The van der Waals surface area contributed by atoms with E-state index in [-0.39, 0.29) is 5.82 Å². The molecule has 0 aliphatic carbocycles. The molecule has 0 saturated carbocycles. The lowest BCUT2D eigenvalue weighted by Gasteiger charge is -2.04. The third-order valence-corrected chi connectivity index (χ3v) is 2.15. The van der Waals surface area contributed by atoms with Crippen molar-refractivity contribution in [3.05, 3.63) is 35.9 Å². The Balaban J connectivity index is 0.000000531.